The zero-order valence-corrected chi connectivity index (χ0v) is 12.7. The number of hydrogen-bond donors (Lipinski definition) is 1. The zero-order chi connectivity index (χ0) is 15.1. The number of ether oxygens (including phenoxy) is 3. The molecule has 5 nitrogen and oxygen atoms in total. The van der Waals surface area contributed by atoms with E-state index in [1.807, 2.05) is 18.2 Å². The Morgan fingerprint density at radius 2 is 2.00 bits per heavy atom. The standard InChI is InChI=1S/C16H23NO4/c1-19-14-8-12(9-15(10-14)20-2)5-6-16(18)17-11-13-4-3-7-21-13/h8-10,13H,3-7,11H2,1-2H3,(H,17,18)/t13-/m0/s1. The first-order valence-electron chi connectivity index (χ1n) is 7.31. The molecule has 1 saturated heterocycles. The fraction of sp³-hybridized carbons (Fsp3) is 0.562. The summed E-state index contributed by atoms with van der Waals surface area (Å²) in [4.78, 5) is 11.9. The lowest BCUT2D eigenvalue weighted by Crippen LogP contribution is -2.31. The van der Waals surface area contributed by atoms with Gasteiger partial charge in [-0.05, 0) is 37.0 Å². The number of aryl methyl sites for hydroxylation is 1. The third-order valence-corrected chi connectivity index (χ3v) is 3.60. The van der Waals surface area contributed by atoms with Crippen LogP contribution in [0.15, 0.2) is 18.2 Å². The summed E-state index contributed by atoms with van der Waals surface area (Å²) in [6.45, 7) is 1.42. The topological polar surface area (TPSA) is 56.8 Å². The Morgan fingerprint density at radius 3 is 2.57 bits per heavy atom. The molecule has 0 spiro atoms. The third kappa shape index (κ3) is 4.93. The van der Waals surface area contributed by atoms with E-state index in [0.717, 1.165) is 36.5 Å². The molecule has 21 heavy (non-hydrogen) atoms. The largest absolute Gasteiger partial charge is 0.497 e. The van der Waals surface area contributed by atoms with Crippen molar-refractivity contribution >= 4 is 5.91 Å². The molecule has 1 fully saturated rings. The molecule has 5 heteroatoms. The van der Waals surface area contributed by atoms with Gasteiger partial charge in [-0.2, -0.15) is 0 Å². The first-order chi connectivity index (χ1) is 10.2. The second-order valence-corrected chi connectivity index (χ2v) is 5.16. The van der Waals surface area contributed by atoms with Crippen LogP contribution in [0.25, 0.3) is 0 Å². The number of hydrogen-bond acceptors (Lipinski definition) is 4. The van der Waals surface area contributed by atoms with Gasteiger partial charge < -0.3 is 19.5 Å². The fourth-order valence-corrected chi connectivity index (χ4v) is 2.39. The van der Waals surface area contributed by atoms with Crippen LogP contribution in [-0.2, 0) is 16.0 Å². The molecular formula is C16H23NO4. The zero-order valence-electron chi connectivity index (χ0n) is 12.7. The van der Waals surface area contributed by atoms with Gasteiger partial charge in [-0.1, -0.05) is 0 Å². The van der Waals surface area contributed by atoms with Crippen molar-refractivity contribution in [3.63, 3.8) is 0 Å². The highest BCUT2D eigenvalue weighted by Crippen LogP contribution is 2.23. The molecule has 2 rings (SSSR count). The SMILES string of the molecule is COc1cc(CCC(=O)NC[C@@H]2CCCO2)cc(OC)c1. The van der Waals surface area contributed by atoms with Gasteiger partial charge in [0.25, 0.3) is 0 Å². The molecule has 1 atom stereocenters. The molecule has 1 aromatic carbocycles. The lowest BCUT2D eigenvalue weighted by atomic mass is 10.1. The average Bonchev–Trinajstić information content (AvgIpc) is 3.03. The molecule has 1 aromatic rings. The van der Waals surface area contributed by atoms with Crippen molar-refractivity contribution in [1.82, 2.24) is 5.32 Å². The quantitative estimate of drug-likeness (QED) is 0.834. The highest BCUT2D eigenvalue weighted by Gasteiger charge is 2.16. The van der Waals surface area contributed by atoms with Crippen molar-refractivity contribution in [2.75, 3.05) is 27.4 Å². The summed E-state index contributed by atoms with van der Waals surface area (Å²) < 4.78 is 15.9. The van der Waals surface area contributed by atoms with Crippen LogP contribution in [-0.4, -0.2) is 39.4 Å². The molecule has 1 amide bonds. The molecule has 1 heterocycles. The van der Waals surface area contributed by atoms with Crippen LogP contribution in [0.4, 0.5) is 0 Å². The number of carbonyl (C=O) groups is 1. The monoisotopic (exact) mass is 293 g/mol. The van der Waals surface area contributed by atoms with Crippen molar-refractivity contribution in [3.05, 3.63) is 23.8 Å². The average molecular weight is 293 g/mol. The van der Waals surface area contributed by atoms with E-state index >= 15 is 0 Å². The molecule has 116 valence electrons. The third-order valence-electron chi connectivity index (χ3n) is 3.60. The Labute approximate surface area is 125 Å². The summed E-state index contributed by atoms with van der Waals surface area (Å²) in [5.74, 6) is 1.53. The van der Waals surface area contributed by atoms with Crippen LogP contribution >= 0.6 is 0 Å². The lowest BCUT2D eigenvalue weighted by molar-refractivity contribution is -0.121. The summed E-state index contributed by atoms with van der Waals surface area (Å²) in [6, 6.07) is 5.67. The van der Waals surface area contributed by atoms with E-state index in [9.17, 15) is 4.79 Å². The molecule has 0 radical (unpaired) electrons. The van der Waals surface area contributed by atoms with E-state index in [0.29, 0.717) is 19.4 Å². The van der Waals surface area contributed by atoms with Crippen LogP contribution in [0.5, 0.6) is 11.5 Å². The van der Waals surface area contributed by atoms with Gasteiger partial charge in [0.05, 0.1) is 20.3 Å². The van der Waals surface area contributed by atoms with Gasteiger partial charge in [-0.25, -0.2) is 0 Å². The van der Waals surface area contributed by atoms with Crippen molar-refractivity contribution in [2.45, 2.75) is 31.8 Å². The number of amides is 1. The van der Waals surface area contributed by atoms with E-state index < -0.39 is 0 Å². The van der Waals surface area contributed by atoms with Crippen molar-refractivity contribution < 1.29 is 19.0 Å². The molecule has 0 aliphatic carbocycles. The maximum atomic E-state index is 11.9. The molecule has 1 N–H and O–H groups in total. The number of nitrogens with one attached hydrogen (secondary N) is 1. The van der Waals surface area contributed by atoms with Crippen LogP contribution in [0.1, 0.15) is 24.8 Å². The van der Waals surface area contributed by atoms with E-state index in [1.54, 1.807) is 14.2 Å². The van der Waals surface area contributed by atoms with Crippen molar-refractivity contribution in [1.29, 1.82) is 0 Å². The van der Waals surface area contributed by atoms with Gasteiger partial charge >= 0.3 is 0 Å². The second-order valence-electron chi connectivity index (χ2n) is 5.16. The Balaban J connectivity index is 1.79. The molecule has 0 bridgehead atoms. The van der Waals surface area contributed by atoms with Gasteiger partial charge in [0.2, 0.25) is 5.91 Å². The summed E-state index contributed by atoms with van der Waals surface area (Å²) in [7, 11) is 3.24. The Kier molecular flexibility index (Phi) is 5.87. The maximum absolute atomic E-state index is 11.9. The minimum atomic E-state index is 0.0484. The maximum Gasteiger partial charge on any atom is 0.220 e. The molecule has 1 aliphatic rings. The predicted molar refractivity (Wildman–Crippen MR) is 79.9 cm³/mol. The van der Waals surface area contributed by atoms with E-state index in [2.05, 4.69) is 5.32 Å². The Bertz CT molecular complexity index is 447. The number of benzene rings is 1. The van der Waals surface area contributed by atoms with Crippen LogP contribution in [0.2, 0.25) is 0 Å². The van der Waals surface area contributed by atoms with Crippen molar-refractivity contribution in [3.8, 4) is 11.5 Å². The summed E-state index contributed by atoms with van der Waals surface area (Å²) in [5, 5.41) is 2.93. The van der Waals surface area contributed by atoms with Crippen LogP contribution < -0.4 is 14.8 Å². The van der Waals surface area contributed by atoms with Gasteiger partial charge in [0.1, 0.15) is 11.5 Å². The summed E-state index contributed by atoms with van der Waals surface area (Å²) in [6.07, 6.45) is 3.41. The first kappa shape index (κ1) is 15.6. The van der Waals surface area contributed by atoms with Crippen LogP contribution in [0.3, 0.4) is 0 Å². The Hall–Kier alpha value is -1.75. The highest BCUT2D eigenvalue weighted by molar-refractivity contribution is 5.76. The second kappa shape index (κ2) is 7.88. The predicted octanol–water partition coefficient (Wildman–Crippen LogP) is 1.93. The van der Waals surface area contributed by atoms with Crippen LogP contribution in [0, 0.1) is 0 Å². The van der Waals surface area contributed by atoms with Gasteiger partial charge in [-0.3, -0.25) is 4.79 Å². The summed E-state index contributed by atoms with van der Waals surface area (Å²) >= 11 is 0. The fourth-order valence-electron chi connectivity index (χ4n) is 2.39. The van der Waals surface area contributed by atoms with Gasteiger partial charge in [-0.15, -0.1) is 0 Å². The van der Waals surface area contributed by atoms with E-state index in [1.165, 1.54) is 0 Å². The number of methoxy groups -OCH3 is 2. The van der Waals surface area contributed by atoms with E-state index in [4.69, 9.17) is 14.2 Å². The van der Waals surface area contributed by atoms with Gasteiger partial charge in [0, 0.05) is 25.6 Å². The molecular weight excluding hydrogens is 270 g/mol. The molecule has 1 aliphatic heterocycles. The normalized spacial score (nSPS) is 17.5. The highest BCUT2D eigenvalue weighted by atomic mass is 16.5. The minimum absolute atomic E-state index is 0.0484. The molecule has 0 saturated carbocycles. The molecule has 0 aromatic heterocycles. The van der Waals surface area contributed by atoms with Gasteiger partial charge in [0.15, 0.2) is 0 Å². The number of rotatable bonds is 7. The lowest BCUT2D eigenvalue weighted by Gasteiger charge is -2.11. The summed E-state index contributed by atoms with van der Waals surface area (Å²) in [5.41, 5.74) is 1.03. The van der Waals surface area contributed by atoms with E-state index in [-0.39, 0.29) is 12.0 Å². The molecule has 0 unspecified atom stereocenters. The van der Waals surface area contributed by atoms with Crippen molar-refractivity contribution in [2.24, 2.45) is 0 Å². The smallest absolute Gasteiger partial charge is 0.220 e. The number of carbonyl (C=O) groups excluding carboxylic acids is 1. The minimum Gasteiger partial charge on any atom is -0.497 e. The first-order valence-corrected chi connectivity index (χ1v) is 7.31. The Morgan fingerprint density at radius 1 is 1.29 bits per heavy atom.